The van der Waals surface area contributed by atoms with E-state index in [0.29, 0.717) is 6.04 Å². The van der Waals surface area contributed by atoms with Crippen molar-refractivity contribution in [2.24, 2.45) is 0 Å². The molecule has 0 radical (unpaired) electrons. The quantitative estimate of drug-likeness (QED) is 0.907. The Kier molecular flexibility index (Phi) is 5.65. The first kappa shape index (κ1) is 16.3. The van der Waals surface area contributed by atoms with Gasteiger partial charge >= 0.3 is 0 Å². The number of hydrogen-bond acceptors (Lipinski definition) is 3. The van der Waals surface area contributed by atoms with E-state index in [1.807, 2.05) is 11.9 Å². The van der Waals surface area contributed by atoms with E-state index < -0.39 is 0 Å². The summed E-state index contributed by atoms with van der Waals surface area (Å²) < 4.78 is 1.13. The van der Waals surface area contributed by atoms with Gasteiger partial charge in [-0.15, -0.1) is 0 Å². The Labute approximate surface area is 135 Å². The Bertz CT molecular complexity index is 506. The number of carbonyl (C=O) groups excluding carboxylic acids is 1. The zero-order chi connectivity index (χ0) is 15.4. The third kappa shape index (κ3) is 3.98. The van der Waals surface area contributed by atoms with Crippen LogP contribution in [0.5, 0.6) is 0 Å². The summed E-state index contributed by atoms with van der Waals surface area (Å²) in [6.45, 7) is 7.37. The zero-order valence-corrected chi connectivity index (χ0v) is 14.6. The molecule has 0 aromatic heterocycles. The lowest BCUT2D eigenvalue weighted by Crippen LogP contribution is -2.33. The highest BCUT2D eigenvalue weighted by atomic mass is 79.9. The van der Waals surface area contributed by atoms with Crippen LogP contribution in [0.25, 0.3) is 0 Å². The number of carbonyl (C=O) groups is 1. The minimum atomic E-state index is 0.177. The first-order chi connectivity index (χ1) is 10.0. The normalized spacial score (nSPS) is 17.5. The molecule has 5 heteroatoms. The molecule has 1 aromatic carbocycles. The summed E-state index contributed by atoms with van der Waals surface area (Å²) >= 11 is 3.68. The van der Waals surface area contributed by atoms with Gasteiger partial charge in [-0.2, -0.15) is 0 Å². The van der Waals surface area contributed by atoms with Gasteiger partial charge < -0.3 is 15.1 Å². The van der Waals surface area contributed by atoms with Crippen molar-refractivity contribution >= 4 is 27.5 Å². The molecule has 4 nitrogen and oxygen atoms in total. The molecule has 0 aliphatic carbocycles. The summed E-state index contributed by atoms with van der Waals surface area (Å²) in [5.74, 6) is 0.177. The van der Waals surface area contributed by atoms with Crippen molar-refractivity contribution in [3.8, 4) is 0 Å². The van der Waals surface area contributed by atoms with Crippen LogP contribution in [-0.4, -0.2) is 44.0 Å². The number of halogens is 1. The average Bonchev–Trinajstić information content (AvgIpc) is 2.72. The average molecular weight is 354 g/mol. The summed E-state index contributed by atoms with van der Waals surface area (Å²) in [7, 11) is 1.97. The minimum Gasteiger partial charge on any atom is -0.370 e. The van der Waals surface area contributed by atoms with Crippen LogP contribution in [0.15, 0.2) is 22.7 Å². The van der Waals surface area contributed by atoms with Crippen molar-refractivity contribution in [1.82, 2.24) is 10.2 Å². The lowest BCUT2D eigenvalue weighted by atomic mass is 10.1. The lowest BCUT2D eigenvalue weighted by molar-refractivity contribution is -0.128. The van der Waals surface area contributed by atoms with Gasteiger partial charge in [0, 0.05) is 49.3 Å². The molecule has 2 rings (SSSR count). The molecular formula is C16H24BrN3O. The topological polar surface area (TPSA) is 35.6 Å². The molecule has 1 amide bonds. The van der Waals surface area contributed by atoms with Gasteiger partial charge in [-0.1, -0.05) is 22.0 Å². The Morgan fingerprint density at radius 1 is 1.29 bits per heavy atom. The SMILES string of the molecule is CNC(C)c1ccc(N2CCCN(C(C)=O)CC2)cc1Br. The van der Waals surface area contributed by atoms with E-state index in [-0.39, 0.29) is 5.91 Å². The maximum Gasteiger partial charge on any atom is 0.219 e. The fourth-order valence-electron chi connectivity index (χ4n) is 2.71. The number of benzene rings is 1. The van der Waals surface area contributed by atoms with Gasteiger partial charge in [0.25, 0.3) is 0 Å². The van der Waals surface area contributed by atoms with Gasteiger partial charge in [0.1, 0.15) is 0 Å². The van der Waals surface area contributed by atoms with Crippen LogP contribution in [-0.2, 0) is 4.79 Å². The van der Waals surface area contributed by atoms with Gasteiger partial charge in [0.2, 0.25) is 5.91 Å². The number of anilines is 1. The van der Waals surface area contributed by atoms with E-state index in [0.717, 1.165) is 37.1 Å². The molecule has 0 bridgehead atoms. The largest absolute Gasteiger partial charge is 0.370 e. The first-order valence-electron chi connectivity index (χ1n) is 7.50. The highest BCUT2D eigenvalue weighted by Gasteiger charge is 2.17. The molecule has 0 saturated carbocycles. The summed E-state index contributed by atoms with van der Waals surface area (Å²) in [6.07, 6.45) is 1.02. The molecule has 1 heterocycles. The highest BCUT2D eigenvalue weighted by Crippen LogP contribution is 2.28. The van der Waals surface area contributed by atoms with Gasteiger partial charge in [0.15, 0.2) is 0 Å². The van der Waals surface area contributed by atoms with Crippen LogP contribution in [0.1, 0.15) is 31.9 Å². The Morgan fingerprint density at radius 2 is 2.05 bits per heavy atom. The summed E-state index contributed by atoms with van der Waals surface area (Å²) in [6, 6.07) is 6.86. The van der Waals surface area contributed by atoms with E-state index in [4.69, 9.17) is 0 Å². The summed E-state index contributed by atoms with van der Waals surface area (Å²) in [5.41, 5.74) is 2.49. The van der Waals surface area contributed by atoms with E-state index in [2.05, 4.69) is 51.3 Å². The van der Waals surface area contributed by atoms with E-state index in [9.17, 15) is 4.79 Å². The number of nitrogens with zero attached hydrogens (tertiary/aromatic N) is 2. The molecule has 1 fully saturated rings. The van der Waals surface area contributed by atoms with Crippen molar-refractivity contribution in [3.05, 3.63) is 28.2 Å². The van der Waals surface area contributed by atoms with E-state index in [1.54, 1.807) is 6.92 Å². The van der Waals surface area contributed by atoms with Crippen LogP contribution in [0, 0.1) is 0 Å². The number of hydrogen-bond donors (Lipinski definition) is 1. The first-order valence-corrected chi connectivity index (χ1v) is 8.29. The Balaban J connectivity index is 2.11. The predicted octanol–water partition coefficient (Wildman–Crippen LogP) is 2.79. The highest BCUT2D eigenvalue weighted by molar-refractivity contribution is 9.10. The Hall–Kier alpha value is -1.07. The fraction of sp³-hybridized carbons (Fsp3) is 0.562. The lowest BCUT2D eigenvalue weighted by Gasteiger charge is -2.24. The summed E-state index contributed by atoms with van der Waals surface area (Å²) in [4.78, 5) is 15.8. The molecule has 1 aliphatic heterocycles. The molecule has 1 aliphatic rings. The molecule has 0 spiro atoms. The third-order valence-corrected chi connectivity index (χ3v) is 4.88. The van der Waals surface area contributed by atoms with Crippen molar-refractivity contribution in [2.75, 3.05) is 38.1 Å². The monoisotopic (exact) mass is 353 g/mol. The van der Waals surface area contributed by atoms with Crippen LogP contribution < -0.4 is 10.2 Å². The minimum absolute atomic E-state index is 0.177. The number of amides is 1. The van der Waals surface area contributed by atoms with Gasteiger partial charge in [-0.25, -0.2) is 0 Å². The maximum atomic E-state index is 11.5. The second-order valence-corrected chi connectivity index (χ2v) is 6.42. The maximum absolute atomic E-state index is 11.5. The molecule has 1 unspecified atom stereocenters. The molecule has 21 heavy (non-hydrogen) atoms. The van der Waals surface area contributed by atoms with Crippen LogP contribution in [0.4, 0.5) is 5.69 Å². The van der Waals surface area contributed by atoms with Crippen molar-refractivity contribution in [1.29, 1.82) is 0 Å². The molecule has 1 N–H and O–H groups in total. The van der Waals surface area contributed by atoms with Crippen molar-refractivity contribution < 1.29 is 4.79 Å². The van der Waals surface area contributed by atoms with Crippen molar-refractivity contribution in [3.63, 3.8) is 0 Å². The second kappa shape index (κ2) is 7.27. The number of rotatable bonds is 3. The molecular weight excluding hydrogens is 330 g/mol. The molecule has 116 valence electrons. The van der Waals surface area contributed by atoms with Gasteiger partial charge in [0.05, 0.1) is 0 Å². The zero-order valence-electron chi connectivity index (χ0n) is 13.0. The van der Waals surface area contributed by atoms with Crippen LogP contribution >= 0.6 is 15.9 Å². The third-order valence-electron chi connectivity index (χ3n) is 4.19. The van der Waals surface area contributed by atoms with E-state index >= 15 is 0 Å². The van der Waals surface area contributed by atoms with Crippen molar-refractivity contribution in [2.45, 2.75) is 26.3 Å². The molecule has 1 aromatic rings. The second-order valence-electron chi connectivity index (χ2n) is 5.56. The fourth-order valence-corrected chi connectivity index (χ4v) is 3.42. The molecule has 1 saturated heterocycles. The van der Waals surface area contributed by atoms with Crippen LogP contribution in [0.3, 0.4) is 0 Å². The van der Waals surface area contributed by atoms with E-state index in [1.165, 1.54) is 11.3 Å². The smallest absolute Gasteiger partial charge is 0.219 e. The van der Waals surface area contributed by atoms with Crippen LogP contribution in [0.2, 0.25) is 0 Å². The predicted molar refractivity (Wildman–Crippen MR) is 90.7 cm³/mol. The Morgan fingerprint density at radius 3 is 2.67 bits per heavy atom. The standard InChI is InChI=1S/C16H24BrN3O/c1-12(18-3)15-6-5-14(11-16(15)17)20-8-4-7-19(9-10-20)13(2)21/h5-6,11-12,18H,4,7-10H2,1-3H3. The van der Waals surface area contributed by atoms with Gasteiger partial charge in [-0.05, 0) is 38.1 Å². The van der Waals surface area contributed by atoms with Gasteiger partial charge in [-0.3, -0.25) is 4.79 Å². The number of nitrogens with one attached hydrogen (secondary N) is 1. The molecule has 1 atom stereocenters. The summed E-state index contributed by atoms with van der Waals surface area (Å²) in [5, 5.41) is 3.26.